The number of aromatic carboxylic acids is 1. The van der Waals surface area contributed by atoms with Gasteiger partial charge in [-0.25, -0.2) is 4.79 Å². The lowest BCUT2D eigenvalue weighted by Gasteiger charge is -2.10. The highest BCUT2D eigenvalue weighted by atomic mass is 16.6. The van der Waals surface area contributed by atoms with Crippen LogP contribution in [0.25, 0.3) is 0 Å². The lowest BCUT2D eigenvalue weighted by Crippen LogP contribution is -2.13. The quantitative estimate of drug-likeness (QED) is 0.613. The maximum Gasteiger partial charge on any atom is 0.335 e. The fourth-order valence-corrected chi connectivity index (χ4v) is 2.21. The number of carboxylic acid groups (broad SMARTS) is 1. The second kappa shape index (κ2) is 7.43. The molecule has 0 radical (unpaired) electrons. The summed E-state index contributed by atoms with van der Waals surface area (Å²) in [5.41, 5.74) is 0.886. The fourth-order valence-electron chi connectivity index (χ4n) is 2.21. The number of amides is 1. The van der Waals surface area contributed by atoms with Gasteiger partial charge in [-0.1, -0.05) is 0 Å². The van der Waals surface area contributed by atoms with E-state index in [1.54, 1.807) is 13.8 Å². The van der Waals surface area contributed by atoms with Crippen LogP contribution in [0.5, 0.6) is 5.75 Å². The Labute approximate surface area is 143 Å². The Bertz CT molecular complexity index is 847. The van der Waals surface area contributed by atoms with Crippen LogP contribution >= 0.6 is 0 Å². The van der Waals surface area contributed by atoms with E-state index in [1.165, 1.54) is 30.3 Å². The van der Waals surface area contributed by atoms with Gasteiger partial charge in [0.05, 0.1) is 17.1 Å². The molecule has 2 aromatic carbocycles. The summed E-state index contributed by atoms with van der Waals surface area (Å²) in [6, 6.07) is 8.20. The van der Waals surface area contributed by atoms with Crippen LogP contribution in [0.2, 0.25) is 0 Å². The van der Waals surface area contributed by atoms with Gasteiger partial charge < -0.3 is 15.2 Å². The van der Waals surface area contributed by atoms with Crippen molar-refractivity contribution in [3.8, 4) is 5.75 Å². The van der Waals surface area contributed by atoms with Crippen LogP contribution < -0.4 is 10.1 Å². The molecule has 0 unspecified atom stereocenters. The maximum absolute atomic E-state index is 12.3. The zero-order valence-corrected chi connectivity index (χ0v) is 13.6. The summed E-state index contributed by atoms with van der Waals surface area (Å²) in [5, 5.41) is 22.7. The molecule has 0 bridgehead atoms. The smallest absolute Gasteiger partial charge is 0.335 e. The zero-order chi connectivity index (χ0) is 18.6. The minimum Gasteiger partial charge on any atom is -0.487 e. The first-order valence-electron chi connectivity index (χ1n) is 7.40. The second-order valence-corrected chi connectivity index (χ2v) is 5.16. The van der Waals surface area contributed by atoms with Crippen molar-refractivity contribution in [2.45, 2.75) is 13.8 Å². The number of nitro benzene ring substituents is 1. The van der Waals surface area contributed by atoms with Crippen LogP contribution in [-0.4, -0.2) is 28.5 Å². The highest BCUT2D eigenvalue weighted by Crippen LogP contribution is 2.28. The van der Waals surface area contributed by atoms with Gasteiger partial charge in [-0.15, -0.1) is 0 Å². The number of carbonyl (C=O) groups is 2. The molecule has 8 nitrogen and oxygen atoms in total. The van der Waals surface area contributed by atoms with E-state index >= 15 is 0 Å². The van der Waals surface area contributed by atoms with Crippen LogP contribution in [0, 0.1) is 17.0 Å². The summed E-state index contributed by atoms with van der Waals surface area (Å²) >= 11 is 0. The molecule has 0 atom stereocenters. The van der Waals surface area contributed by atoms with E-state index < -0.39 is 16.8 Å². The maximum atomic E-state index is 12.3. The van der Waals surface area contributed by atoms with Crippen LogP contribution in [0.3, 0.4) is 0 Å². The van der Waals surface area contributed by atoms with Crippen molar-refractivity contribution in [1.82, 2.24) is 0 Å². The molecule has 2 rings (SSSR count). The van der Waals surface area contributed by atoms with Gasteiger partial charge in [0.2, 0.25) is 0 Å². The molecule has 0 saturated carbocycles. The summed E-state index contributed by atoms with van der Waals surface area (Å²) in [6.45, 7) is 3.62. The van der Waals surface area contributed by atoms with Gasteiger partial charge in [-0.3, -0.25) is 14.9 Å². The van der Waals surface area contributed by atoms with Crippen molar-refractivity contribution in [2.24, 2.45) is 0 Å². The summed E-state index contributed by atoms with van der Waals surface area (Å²) < 4.78 is 5.18. The monoisotopic (exact) mass is 344 g/mol. The predicted octanol–water partition coefficient (Wildman–Crippen LogP) is 3.25. The Morgan fingerprint density at radius 3 is 2.44 bits per heavy atom. The molecule has 2 aromatic rings. The van der Waals surface area contributed by atoms with Gasteiger partial charge in [0.15, 0.2) is 5.75 Å². The number of nitrogens with zero attached hydrogens (tertiary/aromatic N) is 1. The minimum atomic E-state index is -1.07. The fraction of sp³-hybridized carbons (Fsp3) is 0.176. The Morgan fingerprint density at radius 2 is 1.88 bits per heavy atom. The Morgan fingerprint density at radius 1 is 1.20 bits per heavy atom. The van der Waals surface area contributed by atoms with Crippen molar-refractivity contribution in [2.75, 3.05) is 11.9 Å². The number of nitro groups is 1. The summed E-state index contributed by atoms with van der Waals surface area (Å²) in [7, 11) is 0. The molecular formula is C17H16N2O6. The van der Waals surface area contributed by atoms with E-state index in [0.717, 1.165) is 6.07 Å². The second-order valence-electron chi connectivity index (χ2n) is 5.16. The summed E-state index contributed by atoms with van der Waals surface area (Å²) in [5.74, 6) is -1.52. The van der Waals surface area contributed by atoms with Gasteiger partial charge in [0, 0.05) is 17.3 Å². The Hall–Kier alpha value is -3.42. The molecule has 0 heterocycles. The SMILES string of the molecule is CCOc1ccc(C(=O)Nc2ccc(C(=O)O)cc2C)cc1[N+](=O)[O-]. The number of benzene rings is 2. The van der Waals surface area contributed by atoms with Gasteiger partial charge in [-0.05, 0) is 49.7 Å². The van der Waals surface area contributed by atoms with E-state index in [9.17, 15) is 19.7 Å². The number of nitrogens with one attached hydrogen (secondary N) is 1. The molecule has 1 amide bonds. The van der Waals surface area contributed by atoms with Crippen LogP contribution in [-0.2, 0) is 0 Å². The number of rotatable bonds is 6. The molecule has 25 heavy (non-hydrogen) atoms. The molecule has 0 aliphatic carbocycles. The molecule has 0 aromatic heterocycles. The third-order valence-electron chi connectivity index (χ3n) is 3.44. The molecule has 0 spiro atoms. The zero-order valence-electron chi connectivity index (χ0n) is 13.6. The average Bonchev–Trinajstić information content (AvgIpc) is 2.56. The topological polar surface area (TPSA) is 119 Å². The van der Waals surface area contributed by atoms with Crippen LogP contribution in [0.15, 0.2) is 36.4 Å². The van der Waals surface area contributed by atoms with Gasteiger partial charge >= 0.3 is 11.7 Å². The van der Waals surface area contributed by atoms with Crippen molar-refractivity contribution >= 4 is 23.3 Å². The van der Waals surface area contributed by atoms with Crippen molar-refractivity contribution in [3.05, 3.63) is 63.2 Å². The predicted molar refractivity (Wildman–Crippen MR) is 90.4 cm³/mol. The van der Waals surface area contributed by atoms with E-state index in [4.69, 9.17) is 9.84 Å². The average molecular weight is 344 g/mol. The van der Waals surface area contributed by atoms with Crippen molar-refractivity contribution in [1.29, 1.82) is 0 Å². The Kier molecular flexibility index (Phi) is 5.33. The van der Waals surface area contributed by atoms with E-state index in [1.807, 2.05) is 0 Å². The van der Waals surface area contributed by atoms with Crippen molar-refractivity contribution < 1.29 is 24.4 Å². The third-order valence-corrected chi connectivity index (χ3v) is 3.44. The van der Waals surface area contributed by atoms with Crippen LogP contribution in [0.1, 0.15) is 33.2 Å². The number of hydrogen-bond acceptors (Lipinski definition) is 5. The first-order chi connectivity index (χ1) is 11.8. The third kappa shape index (κ3) is 4.11. The van der Waals surface area contributed by atoms with Gasteiger partial charge in [-0.2, -0.15) is 0 Å². The standard InChI is InChI=1S/C17H16N2O6/c1-3-25-15-7-5-11(9-14(15)19(23)24)16(20)18-13-6-4-12(17(21)22)8-10(13)2/h4-9H,3H2,1-2H3,(H,18,20)(H,21,22). The summed E-state index contributed by atoms with van der Waals surface area (Å²) in [6.07, 6.45) is 0. The van der Waals surface area contributed by atoms with Gasteiger partial charge in [0.1, 0.15) is 0 Å². The van der Waals surface area contributed by atoms with E-state index in [2.05, 4.69) is 5.32 Å². The highest BCUT2D eigenvalue weighted by Gasteiger charge is 2.19. The lowest BCUT2D eigenvalue weighted by atomic mass is 10.1. The summed E-state index contributed by atoms with van der Waals surface area (Å²) in [4.78, 5) is 33.8. The number of anilines is 1. The molecule has 130 valence electrons. The number of hydrogen-bond donors (Lipinski definition) is 2. The normalized spacial score (nSPS) is 10.2. The molecule has 0 aliphatic rings. The molecule has 0 fully saturated rings. The number of aryl methyl sites for hydroxylation is 1. The van der Waals surface area contributed by atoms with Crippen LogP contribution in [0.4, 0.5) is 11.4 Å². The Balaban J connectivity index is 2.28. The largest absolute Gasteiger partial charge is 0.487 e. The highest BCUT2D eigenvalue weighted by molar-refractivity contribution is 6.05. The number of carbonyl (C=O) groups excluding carboxylic acids is 1. The first kappa shape index (κ1) is 17.9. The molecule has 2 N–H and O–H groups in total. The van der Waals surface area contributed by atoms with Gasteiger partial charge in [0.25, 0.3) is 5.91 Å². The van der Waals surface area contributed by atoms with Crippen molar-refractivity contribution in [3.63, 3.8) is 0 Å². The lowest BCUT2D eigenvalue weighted by molar-refractivity contribution is -0.385. The first-order valence-corrected chi connectivity index (χ1v) is 7.40. The van der Waals surface area contributed by atoms with E-state index in [-0.39, 0.29) is 29.2 Å². The molecule has 0 saturated heterocycles. The molecule has 8 heteroatoms. The molecule has 0 aliphatic heterocycles. The molecular weight excluding hydrogens is 328 g/mol. The number of carboxylic acids is 1. The minimum absolute atomic E-state index is 0.0889. The number of ether oxygens (including phenoxy) is 1. The van der Waals surface area contributed by atoms with E-state index in [0.29, 0.717) is 11.3 Å².